The second kappa shape index (κ2) is 8.71. The van der Waals surface area contributed by atoms with Crippen molar-refractivity contribution < 1.29 is 18.0 Å². The standard InChI is InChI=1S/C17H24N2O4S2/c1-3-9-19(15-8-10-25(22,23)12-15)17(21)11-24-16-6-4-14(5-7-16)18-13(2)20/h4-7,15H,3,8-12H2,1-2H3,(H,18,20)/t15-/m0/s1. The average Bonchev–Trinajstić information content (AvgIpc) is 2.91. The maximum absolute atomic E-state index is 12.6. The number of nitrogens with one attached hydrogen (secondary N) is 1. The Morgan fingerprint density at radius 3 is 2.48 bits per heavy atom. The molecule has 1 heterocycles. The summed E-state index contributed by atoms with van der Waals surface area (Å²) >= 11 is 1.42. The first-order valence-corrected chi connectivity index (χ1v) is 11.1. The zero-order valence-electron chi connectivity index (χ0n) is 14.5. The molecule has 1 atom stereocenters. The summed E-state index contributed by atoms with van der Waals surface area (Å²) in [7, 11) is -3.01. The molecule has 0 saturated carbocycles. The van der Waals surface area contributed by atoms with Gasteiger partial charge < -0.3 is 10.2 Å². The molecule has 6 nitrogen and oxygen atoms in total. The van der Waals surface area contributed by atoms with Crippen molar-refractivity contribution in [1.29, 1.82) is 0 Å². The first-order valence-electron chi connectivity index (χ1n) is 8.31. The molecule has 1 saturated heterocycles. The van der Waals surface area contributed by atoms with E-state index in [1.54, 1.807) is 17.0 Å². The fourth-order valence-corrected chi connectivity index (χ4v) is 5.35. The van der Waals surface area contributed by atoms with Crippen molar-refractivity contribution in [2.45, 2.75) is 37.6 Å². The lowest BCUT2D eigenvalue weighted by Gasteiger charge is -2.27. The number of hydrogen-bond acceptors (Lipinski definition) is 5. The molecule has 0 radical (unpaired) electrons. The highest BCUT2D eigenvalue weighted by atomic mass is 32.2. The minimum absolute atomic E-state index is 0.0279. The number of carbonyl (C=O) groups excluding carboxylic acids is 2. The lowest BCUT2D eigenvalue weighted by Crippen LogP contribution is -2.42. The first-order chi connectivity index (χ1) is 11.8. The number of amides is 2. The van der Waals surface area contributed by atoms with Crippen LogP contribution in [0.4, 0.5) is 5.69 Å². The van der Waals surface area contributed by atoms with Gasteiger partial charge in [0.1, 0.15) is 0 Å². The Bertz CT molecular complexity index is 717. The molecular weight excluding hydrogens is 360 g/mol. The summed E-state index contributed by atoms with van der Waals surface area (Å²) in [6, 6.07) is 7.10. The fraction of sp³-hybridized carbons (Fsp3) is 0.529. The lowest BCUT2D eigenvalue weighted by atomic mass is 10.2. The Morgan fingerprint density at radius 2 is 1.96 bits per heavy atom. The van der Waals surface area contributed by atoms with E-state index in [0.717, 1.165) is 11.3 Å². The maximum atomic E-state index is 12.6. The van der Waals surface area contributed by atoms with Crippen LogP contribution in [0.15, 0.2) is 29.2 Å². The molecule has 1 aliphatic heterocycles. The highest BCUT2D eigenvalue weighted by Gasteiger charge is 2.34. The third kappa shape index (κ3) is 6.04. The Morgan fingerprint density at radius 1 is 1.28 bits per heavy atom. The highest BCUT2D eigenvalue weighted by Crippen LogP contribution is 2.23. The minimum Gasteiger partial charge on any atom is -0.338 e. The van der Waals surface area contributed by atoms with Crippen LogP contribution in [0, 0.1) is 0 Å². The van der Waals surface area contributed by atoms with Crippen LogP contribution in [0.3, 0.4) is 0 Å². The van der Waals surface area contributed by atoms with E-state index < -0.39 is 9.84 Å². The van der Waals surface area contributed by atoms with Gasteiger partial charge in [-0.3, -0.25) is 9.59 Å². The summed E-state index contributed by atoms with van der Waals surface area (Å²) < 4.78 is 23.4. The van der Waals surface area contributed by atoms with Crippen LogP contribution >= 0.6 is 11.8 Å². The number of nitrogens with zero attached hydrogens (tertiary/aromatic N) is 1. The Labute approximate surface area is 153 Å². The summed E-state index contributed by atoms with van der Waals surface area (Å²) in [6.07, 6.45) is 1.34. The number of sulfone groups is 1. The van der Waals surface area contributed by atoms with Crippen molar-refractivity contribution in [2.75, 3.05) is 29.1 Å². The average molecular weight is 385 g/mol. The summed E-state index contributed by atoms with van der Waals surface area (Å²) in [4.78, 5) is 26.2. The van der Waals surface area contributed by atoms with Crippen molar-refractivity contribution >= 4 is 39.1 Å². The fourth-order valence-electron chi connectivity index (χ4n) is 2.84. The van der Waals surface area contributed by atoms with Gasteiger partial charge in [0.15, 0.2) is 9.84 Å². The van der Waals surface area contributed by atoms with Gasteiger partial charge >= 0.3 is 0 Å². The number of benzene rings is 1. The summed E-state index contributed by atoms with van der Waals surface area (Å²) in [5.41, 5.74) is 0.715. The zero-order chi connectivity index (χ0) is 18.4. The SMILES string of the molecule is CCCN(C(=O)CSc1ccc(NC(C)=O)cc1)[C@H]1CCS(=O)(=O)C1. The quantitative estimate of drug-likeness (QED) is 0.729. The molecule has 0 spiro atoms. The first kappa shape index (κ1) is 19.8. The van der Waals surface area contributed by atoms with Crippen molar-refractivity contribution in [1.82, 2.24) is 4.90 Å². The van der Waals surface area contributed by atoms with Gasteiger partial charge in [-0.15, -0.1) is 11.8 Å². The van der Waals surface area contributed by atoms with Gasteiger partial charge in [0.25, 0.3) is 0 Å². The highest BCUT2D eigenvalue weighted by molar-refractivity contribution is 8.00. The van der Waals surface area contributed by atoms with Crippen LogP contribution in [-0.2, 0) is 19.4 Å². The van der Waals surface area contributed by atoms with E-state index in [1.165, 1.54) is 18.7 Å². The van der Waals surface area contributed by atoms with Crippen molar-refractivity contribution in [3.63, 3.8) is 0 Å². The summed E-state index contributed by atoms with van der Waals surface area (Å²) in [5, 5.41) is 2.70. The second-order valence-corrected chi connectivity index (χ2v) is 9.42. The Balaban J connectivity index is 1.93. The zero-order valence-corrected chi connectivity index (χ0v) is 16.2. The lowest BCUT2D eigenvalue weighted by molar-refractivity contribution is -0.130. The van der Waals surface area contributed by atoms with E-state index in [4.69, 9.17) is 0 Å². The monoisotopic (exact) mass is 384 g/mol. The second-order valence-electron chi connectivity index (χ2n) is 6.14. The molecule has 0 bridgehead atoms. The van der Waals surface area contributed by atoms with E-state index in [-0.39, 0.29) is 35.1 Å². The summed E-state index contributed by atoms with van der Waals surface area (Å²) in [5.74, 6) is 0.366. The largest absolute Gasteiger partial charge is 0.338 e. The molecule has 138 valence electrons. The molecule has 25 heavy (non-hydrogen) atoms. The van der Waals surface area contributed by atoms with Gasteiger partial charge in [0.2, 0.25) is 11.8 Å². The molecule has 1 aromatic carbocycles. The van der Waals surface area contributed by atoms with E-state index in [2.05, 4.69) is 5.32 Å². The van der Waals surface area contributed by atoms with Crippen LogP contribution < -0.4 is 5.32 Å². The van der Waals surface area contributed by atoms with Gasteiger partial charge in [0, 0.05) is 30.1 Å². The molecule has 1 N–H and O–H groups in total. The number of carbonyl (C=O) groups is 2. The molecule has 1 aliphatic rings. The van der Waals surface area contributed by atoms with Gasteiger partial charge in [-0.25, -0.2) is 8.42 Å². The van der Waals surface area contributed by atoms with Crippen LogP contribution in [0.25, 0.3) is 0 Å². The number of thioether (sulfide) groups is 1. The van der Waals surface area contributed by atoms with Gasteiger partial charge in [-0.2, -0.15) is 0 Å². The van der Waals surface area contributed by atoms with Gasteiger partial charge in [-0.05, 0) is 37.1 Å². The predicted octanol–water partition coefficient (Wildman–Crippen LogP) is 2.16. The molecular formula is C17H24N2O4S2. The van der Waals surface area contributed by atoms with Crippen LogP contribution in [0.5, 0.6) is 0 Å². The van der Waals surface area contributed by atoms with E-state index in [9.17, 15) is 18.0 Å². The molecule has 0 unspecified atom stereocenters. The molecule has 0 aromatic heterocycles. The smallest absolute Gasteiger partial charge is 0.233 e. The van der Waals surface area contributed by atoms with Crippen molar-refractivity contribution in [2.24, 2.45) is 0 Å². The molecule has 2 rings (SSSR count). The van der Waals surface area contributed by atoms with E-state index >= 15 is 0 Å². The van der Waals surface area contributed by atoms with Gasteiger partial charge in [-0.1, -0.05) is 6.92 Å². The normalized spacial score (nSPS) is 18.7. The molecule has 8 heteroatoms. The third-order valence-corrected chi connectivity index (χ3v) is 6.72. The van der Waals surface area contributed by atoms with Crippen molar-refractivity contribution in [3.8, 4) is 0 Å². The molecule has 0 aliphatic carbocycles. The number of rotatable bonds is 7. The number of anilines is 1. The predicted molar refractivity (Wildman–Crippen MR) is 101 cm³/mol. The minimum atomic E-state index is -3.01. The molecule has 1 fully saturated rings. The van der Waals surface area contributed by atoms with Crippen LogP contribution in [-0.4, -0.2) is 55.0 Å². The molecule has 2 amide bonds. The van der Waals surface area contributed by atoms with Crippen LogP contribution in [0.1, 0.15) is 26.7 Å². The number of hydrogen-bond donors (Lipinski definition) is 1. The summed E-state index contributed by atoms with van der Waals surface area (Å²) in [6.45, 7) is 4.02. The van der Waals surface area contributed by atoms with E-state index in [1.807, 2.05) is 19.1 Å². The van der Waals surface area contributed by atoms with Crippen LogP contribution in [0.2, 0.25) is 0 Å². The topological polar surface area (TPSA) is 83.6 Å². The third-order valence-electron chi connectivity index (χ3n) is 3.97. The molecule has 1 aromatic rings. The Hall–Kier alpha value is -1.54. The van der Waals surface area contributed by atoms with Crippen molar-refractivity contribution in [3.05, 3.63) is 24.3 Å². The van der Waals surface area contributed by atoms with Gasteiger partial charge in [0.05, 0.1) is 17.3 Å². The van der Waals surface area contributed by atoms with E-state index in [0.29, 0.717) is 18.7 Å². The maximum Gasteiger partial charge on any atom is 0.233 e. The Kier molecular flexibility index (Phi) is 6.89.